The molecule has 1 heterocycles. The van der Waals surface area contributed by atoms with Crippen molar-refractivity contribution in [2.24, 2.45) is 5.84 Å². The average Bonchev–Trinajstić information content (AvgIpc) is 2.91. The van der Waals surface area contributed by atoms with Crippen molar-refractivity contribution in [3.05, 3.63) is 65.2 Å². The van der Waals surface area contributed by atoms with Crippen LogP contribution in [0, 0.1) is 0 Å². The fraction of sp³-hybridized carbons (Fsp3) is 0.176. The van der Waals surface area contributed by atoms with E-state index in [1.807, 2.05) is 12.1 Å². The molecule has 1 aliphatic rings. The molecular weight excluding hydrogens is 294 g/mol. The molecule has 6 heteroatoms. The zero-order valence-electron chi connectivity index (χ0n) is 12.4. The van der Waals surface area contributed by atoms with E-state index in [4.69, 9.17) is 5.84 Å². The fourth-order valence-corrected chi connectivity index (χ4v) is 2.82. The van der Waals surface area contributed by atoms with Crippen LogP contribution < -0.4 is 11.3 Å². The zero-order chi connectivity index (χ0) is 16.4. The molecule has 1 aliphatic heterocycles. The molecule has 0 saturated carbocycles. The Hall–Kier alpha value is -2.86. The molecule has 2 amide bonds. The van der Waals surface area contributed by atoms with Crippen LogP contribution in [0.3, 0.4) is 0 Å². The number of nitrogens with zero attached hydrogens (tertiary/aromatic N) is 1. The number of hydrazine groups is 1. The van der Waals surface area contributed by atoms with Gasteiger partial charge in [-0.3, -0.25) is 15.0 Å². The first-order valence-corrected chi connectivity index (χ1v) is 7.27. The molecule has 0 saturated heterocycles. The molecule has 2 aromatic rings. The van der Waals surface area contributed by atoms with Crippen molar-refractivity contribution in [1.82, 2.24) is 10.3 Å². The first-order chi connectivity index (χ1) is 11.1. The maximum absolute atomic E-state index is 12.6. The third-order valence-electron chi connectivity index (χ3n) is 4.04. The highest BCUT2D eigenvalue weighted by Crippen LogP contribution is 2.26. The molecule has 0 radical (unpaired) electrons. The molecule has 4 N–H and O–H groups in total. The molecular formula is C17H17N3O3. The van der Waals surface area contributed by atoms with E-state index in [0.29, 0.717) is 18.5 Å². The molecule has 0 aliphatic carbocycles. The summed E-state index contributed by atoms with van der Waals surface area (Å²) in [5.74, 6) is 4.85. The van der Waals surface area contributed by atoms with Crippen molar-refractivity contribution >= 4 is 11.8 Å². The van der Waals surface area contributed by atoms with E-state index in [1.54, 1.807) is 36.4 Å². The average molecular weight is 311 g/mol. The Morgan fingerprint density at radius 2 is 1.91 bits per heavy atom. The maximum atomic E-state index is 12.6. The first-order valence-electron chi connectivity index (χ1n) is 7.27. The number of rotatable bonds is 4. The molecule has 0 unspecified atom stereocenters. The number of phenolic OH excluding ortho intramolecular Hbond substituents is 1. The fourth-order valence-electron chi connectivity index (χ4n) is 2.82. The first kappa shape index (κ1) is 15.1. The molecule has 6 nitrogen and oxygen atoms in total. The number of carbonyl (C=O) groups is 2. The van der Waals surface area contributed by atoms with E-state index in [-0.39, 0.29) is 11.7 Å². The summed E-state index contributed by atoms with van der Waals surface area (Å²) >= 11 is 0. The van der Waals surface area contributed by atoms with Crippen LogP contribution >= 0.6 is 0 Å². The van der Waals surface area contributed by atoms with Gasteiger partial charge in [-0.2, -0.15) is 0 Å². The third-order valence-corrected chi connectivity index (χ3v) is 4.04. The van der Waals surface area contributed by atoms with Crippen molar-refractivity contribution in [3.8, 4) is 5.75 Å². The molecule has 2 aromatic carbocycles. The molecule has 0 aromatic heterocycles. The van der Waals surface area contributed by atoms with Crippen LogP contribution in [0.1, 0.15) is 21.5 Å². The van der Waals surface area contributed by atoms with Crippen molar-refractivity contribution in [3.63, 3.8) is 0 Å². The highest BCUT2D eigenvalue weighted by Gasteiger charge is 2.35. The Kier molecular flexibility index (Phi) is 3.99. The lowest BCUT2D eigenvalue weighted by atomic mass is 10.0. The van der Waals surface area contributed by atoms with E-state index in [0.717, 1.165) is 11.1 Å². The number of aromatic hydroxyl groups is 1. The predicted molar refractivity (Wildman–Crippen MR) is 84.2 cm³/mol. The highest BCUT2D eigenvalue weighted by atomic mass is 16.3. The molecule has 0 bridgehead atoms. The minimum atomic E-state index is -0.704. The van der Waals surface area contributed by atoms with Crippen molar-refractivity contribution in [2.75, 3.05) is 0 Å². The molecule has 0 spiro atoms. The number of hydrogen-bond donors (Lipinski definition) is 3. The standard InChI is InChI=1S/C17H17N3O3/c18-19-16(22)15(9-11-5-7-13(21)8-6-11)20-10-12-3-1-2-4-14(12)17(20)23/h1-8,15,21H,9-10,18H2,(H,19,22)/t15-/m0/s1. The lowest BCUT2D eigenvalue weighted by Crippen LogP contribution is -2.50. The Balaban J connectivity index is 1.87. The Bertz CT molecular complexity index is 743. The normalized spacial score (nSPS) is 14.5. The second-order valence-electron chi connectivity index (χ2n) is 5.49. The van der Waals surface area contributed by atoms with Gasteiger partial charge in [-0.1, -0.05) is 30.3 Å². The molecule has 0 fully saturated rings. The van der Waals surface area contributed by atoms with Crippen LogP contribution in [-0.4, -0.2) is 27.9 Å². The number of benzene rings is 2. The summed E-state index contributed by atoms with van der Waals surface area (Å²) in [6.07, 6.45) is 0.322. The van der Waals surface area contributed by atoms with Gasteiger partial charge in [-0.25, -0.2) is 5.84 Å². The molecule has 1 atom stereocenters. The van der Waals surface area contributed by atoms with Crippen LogP contribution in [-0.2, 0) is 17.8 Å². The van der Waals surface area contributed by atoms with E-state index in [9.17, 15) is 14.7 Å². The quantitative estimate of drug-likeness (QED) is 0.445. The van der Waals surface area contributed by atoms with Crippen LogP contribution in [0.2, 0.25) is 0 Å². The smallest absolute Gasteiger partial charge is 0.257 e. The number of phenols is 1. The lowest BCUT2D eigenvalue weighted by molar-refractivity contribution is -0.125. The van der Waals surface area contributed by atoms with Gasteiger partial charge in [-0.15, -0.1) is 0 Å². The van der Waals surface area contributed by atoms with Gasteiger partial charge >= 0.3 is 0 Å². The third kappa shape index (κ3) is 2.89. The Morgan fingerprint density at radius 1 is 1.22 bits per heavy atom. The second-order valence-corrected chi connectivity index (χ2v) is 5.49. The van der Waals surface area contributed by atoms with E-state index < -0.39 is 11.9 Å². The van der Waals surface area contributed by atoms with Crippen LogP contribution in [0.15, 0.2) is 48.5 Å². The second kappa shape index (κ2) is 6.10. The number of amides is 2. The summed E-state index contributed by atoms with van der Waals surface area (Å²) in [5.41, 5.74) is 4.49. The summed E-state index contributed by atoms with van der Waals surface area (Å²) in [7, 11) is 0. The van der Waals surface area contributed by atoms with Gasteiger partial charge in [-0.05, 0) is 29.3 Å². The number of nitrogens with one attached hydrogen (secondary N) is 1. The summed E-state index contributed by atoms with van der Waals surface area (Å²) in [5, 5.41) is 9.35. The van der Waals surface area contributed by atoms with Gasteiger partial charge in [0.15, 0.2) is 0 Å². The Labute approximate surface area is 133 Å². The zero-order valence-corrected chi connectivity index (χ0v) is 12.4. The minimum absolute atomic E-state index is 0.151. The SMILES string of the molecule is NNC(=O)[C@H](Cc1ccc(O)cc1)N1Cc2ccccc2C1=O. The summed E-state index contributed by atoms with van der Waals surface area (Å²) in [6.45, 7) is 0.380. The predicted octanol–water partition coefficient (Wildman–Crippen LogP) is 0.949. The number of carbonyl (C=O) groups excluding carboxylic acids is 2. The number of nitrogens with two attached hydrogens (primary N) is 1. The van der Waals surface area contributed by atoms with Crippen LogP contribution in [0.4, 0.5) is 0 Å². The van der Waals surface area contributed by atoms with Gasteiger partial charge in [0.05, 0.1) is 0 Å². The van der Waals surface area contributed by atoms with Gasteiger partial charge in [0.25, 0.3) is 11.8 Å². The van der Waals surface area contributed by atoms with Crippen LogP contribution in [0.5, 0.6) is 5.75 Å². The molecule has 3 rings (SSSR count). The van der Waals surface area contributed by atoms with Gasteiger partial charge < -0.3 is 10.0 Å². The van der Waals surface area contributed by atoms with Crippen LogP contribution in [0.25, 0.3) is 0 Å². The summed E-state index contributed by atoms with van der Waals surface area (Å²) < 4.78 is 0. The maximum Gasteiger partial charge on any atom is 0.257 e. The summed E-state index contributed by atoms with van der Waals surface area (Å²) in [4.78, 5) is 26.3. The minimum Gasteiger partial charge on any atom is -0.508 e. The Morgan fingerprint density at radius 3 is 2.57 bits per heavy atom. The lowest BCUT2D eigenvalue weighted by Gasteiger charge is -2.26. The monoisotopic (exact) mass is 311 g/mol. The van der Waals surface area contributed by atoms with E-state index in [2.05, 4.69) is 5.43 Å². The molecule has 118 valence electrons. The van der Waals surface area contributed by atoms with Crippen molar-refractivity contribution in [1.29, 1.82) is 0 Å². The highest BCUT2D eigenvalue weighted by molar-refractivity contribution is 6.01. The topological polar surface area (TPSA) is 95.7 Å². The van der Waals surface area contributed by atoms with Crippen molar-refractivity contribution in [2.45, 2.75) is 19.0 Å². The van der Waals surface area contributed by atoms with Crippen molar-refractivity contribution < 1.29 is 14.7 Å². The van der Waals surface area contributed by atoms with Gasteiger partial charge in [0.2, 0.25) is 0 Å². The van der Waals surface area contributed by atoms with E-state index in [1.165, 1.54) is 4.90 Å². The van der Waals surface area contributed by atoms with E-state index >= 15 is 0 Å². The molecule has 23 heavy (non-hydrogen) atoms. The largest absolute Gasteiger partial charge is 0.508 e. The number of hydrogen-bond acceptors (Lipinski definition) is 4. The van der Waals surface area contributed by atoms with Gasteiger partial charge in [0, 0.05) is 18.5 Å². The van der Waals surface area contributed by atoms with Gasteiger partial charge in [0.1, 0.15) is 11.8 Å². The summed E-state index contributed by atoms with van der Waals surface area (Å²) in [6, 6.07) is 13.1. The number of fused-ring (bicyclic) bond motifs is 1.